The minimum absolute atomic E-state index is 0.262. The van der Waals surface area contributed by atoms with E-state index in [4.69, 9.17) is 28.9 Å². The molecule has 0 aromatic carbocycles. The normalized spacial score (nSPS) is 13.9. The molecule has 0 bridgehead atoms. The summed E-state index contributed by atoms with van der Waals surface area (Å²) in [7, 11) is 0. The Bertz CT molecular complexity index is 398. The van der Waals surface area contributed by atoms with Gasteiger partial charge in [0.15, 0.2) is 5.15 Å². The Kier molecular flexibility index (Phi) is 3.88. The first kappa shape index (κ1) is 13.3. The van der Waals surface area contributed by atoms with Crippen molar-refractivity contribution in [1.82, 2.24) is 4.98 Å². The lowest BCUT2D eigenvalue weighted by molar-refractivity contribution is -0.137. The molecule has 1 rings (SSSR count). The van der Waals surface area contributed by atoms with Gasteiger partial charge >= 0.3 is 6.18 Å². The monoisotopic (exact) mass is 274 g/mol. The van der Waals surface area contributed by atoms with Gasteiger partial charge in [0.05, 0.1) is 22.8 Å². The molecule has 0 saturated heterocycles. The minimum atomic E-state index is -4.66. The number of pyridine rings is 1. The van der Waals surface area contributed by atoms with Crippen molar-refractivity contribution in [1.29, 1.82) is 0 Å². The molecule has 0 radical (unpaired) electrons. The number of anilines is 1. The van der Waals surface area contributed by atoms with Crippen LogP contribution in [0.3, 0.4) is 0 Å². The van der Waals surface area contributed by atoms with Crippen LogP contribution < -0.4 is 5.73 Å². The zero-order chi connectivity index (χ0) is 12.5. The Balaban J connectivity index is 3.33. The van der Waals surface area contributed by atoms with E-state index >= 15 is 0 Å². The molecule has 3 N–H and O–H groups in total. The molecule has 3 nitrogen and oxygen atoms in total. The van der Waals surface area contributed by atoms with Crippen LogP contribution in [0.2, 0.25) is 5.15 Å². The van der Waals surface area contributed by atoms with Gasteiger partial charge in [0.25, 0.3) is 0 Å². The predicted octanol–water partition coefficient (Wildman–Crippen LogP) is 2.61. The van der Waals surface area contributed by atoms with Crippen molar-refractivity contribution < 1.29 is 18.3 Å². The fraction of sp³-hybridized carbons (Fsp3) is 0.375. The van der Waals surface area contributed by atoms with Crippen molar-refractivity contribution in [3.05, 3.63) is 22.5 Å². The maximum atomic E-state index is 12.5. The second-order valence-corrected chi connectivity index (χ2v) is 3.63. The largest absolute Gasteiger partial charge is 0.418 e. The summed E-state index contributed by atoms with van der Waals surface area (Å²) in [6.07, 6.45) is -5.97. The maximum Gasteiger partial charge on any atom is 0.418 e. The lowest BCUT2D eigenvalue weighted by atomic mass is 10.1. The Morgan fingerprint density at radius 2 is 2.06 bits per heavy atom. The van der Waals surface area contributed by atoms with Gasteiger partial charge in [0.1, 0.15) is 6.10 Å². The zero-order valence-corrected chi connectivity index (χ0v) is 9.24. The first-order valence-electron chi connectivity index (χ1n) is 4.04. The molecule has 0 saturated carbocycles. The van der Waals surface area contributed by atoms with Gasteiger partial charge < -0.3 is 10.8 Å². The summed E-state index contributed by atoms with van der Waals surface area (Å²) in [4.78, 5) is 3.52. The second kappa shape index (κ2) is 4.65. The number of nitrogens with two attached hydrogens (primary N) is 1. The molecule has 0 fully saturated rings. The average Bonchev–Trinajstić information content (AvgIpc) is 2.18. The van der Waals surface area contributed by atoms with Gasteiger partial charge in [0, 0.05) is 0 Å². The fourth-order valence-corrected chi connectivity index (χ4v) is 1.38. The number of hydrogen-bond acceptors (Lipinski definition) is 3. The molecule has 1 aromatic rings. The number of hydrogen-bond donors (Lipinski definition) is 2. The molecule has 1 aromatic heterocycles. The molecule has 1 atom stereocenters. The molecule has 16 heavy (non-hydrogen) atoms. The van der Waals surface area contributed by atoms with Crippen LogP contribution in [0.4, 0.5) is 18.9 Å². The van der Waals surface area contributed by atoms with E-state index < -0.39 is 28.7 Å². The van der Waals surface area contributed by atoms with Crippen molar-refractivity contribution in [3.63, 3.8) is 0 Å². The molecule has 1 unspecified atom stereocenters. The Labute approximate surface area is 99.0 Å². The topological polar surface area (TPSA) is 59.1 Å². The minimum Gasteiger partial charge on any atom is -0.396 e. The third kappa shape index (κ3) is 2.69. The van der Waals surface area contributed by atoms with E-state index in [1.807, 2.05) is 0 Å². The maximum absolute atomic E-state index is 12.5. The van der Waals surface area contributed by atoms with Gasteiger partial charge in [-0.1, -0.05) is 11.6 Å². The van der Waals surface area contributed by atoms with Crippen molar-refractivity contribution >= 4 is 28.9 Å². The quantitative estimate of drug-likeness (QED) is 0.644. The van der Waals surface area contributed by atoms with Gasteiger partial charge in [0.2, 0.25) is 0 Å². The van der Waals surface area contributed by atoms with E-state index in [-0.39, 0.29) is 11.6 Å². The Morgan fingerprint density at radius 1 is 1.50 bits per heavy atom. The van der Waals surface area contributed by atoms with Crippen LogP contribution in [0.1, 0.15) is 17.4 Å². The van der Waals surface area contributed by atoms with Gasteiger partial charge in [-0.05, 0) is 6.07 Å². The summed E-state index contributed by atoms with van der Waals surface area (Å²) >= 11 is 10.7. The number of aliphatic hydroxyl groups excluding tert-OH is 1. The van der Waals surface area contributed by atoms with E-state index in [2.05, 4.69) is 4.98 Å². The van der Waals surface area contributed by atoms with Crippen molar-refractivity contribution in [2.75, 3.05) is 11.6 Å². The third-order valence-corrected chi connectivity index (χ3v) is 2.41. The van der Waals surface area contributed by atoms with Gasteiger partial charge in [-0.15, -0.1) is 11.6 Å². The van der Waals surface area contributed by atoms with Crippen molar-refractivity contribution in [3.8, 4) is 0 Å². The van der Waals surface area contributed by atoms with Crippen molar-refractivity contribution in [2.24, 2.45) is 0 Å². The highest BCUT2D eigenvalue weighted by atomic mass is 35.5. The van der Waals surface area contributed by atoms with Crippen LogP contribution in [-0.4, -0.2) is 16.0 Å². The first-order valence-corrected chi connectivity index (χ1v) is 4.95. The van der Waals surface area contributed by atoms with E-state index in [9.17, 15) is 18.3 Å². The lowest BCUT2D eigenvalue weighted by Crippen LogP contribution is -2.13. The number of nitrogens with zero attached hydrogens (tertiary/aromatic N) is 1. The molecule has 8 heteroatoms. The van der Waals surface area contributed by atoms with E-state index in [1.165, 1.54) is 0 Å². The van der Waals surface area contributed by atoms with Crippen LogP contribution in [0.15, 0.2) is 6.07 Å². The smallest absolute Gasteiger partial charge is 0.396 e. The number of alkyl halides is 4. The lowest BCUT2D eigenvalue weighted by Gasteiger charge is -2.14. The number of nitrogen functional groups attached to an aromatic ring is 1. The molecular weight excluding hydrogens is 268 g/mol. The molecular formula is C8H7Cl2F3N2O. The summed E-state index contributed by atoms with van der Waals surface area (Å²) in [5, 5.41) is 8.77. The summed E-state index contributed by atoms with van der Waals surface area (Å²) in [5.41, 5.74) is 3.09. The molecule has 0 aliphatic carbocycles. The fourth-order valence-electron chi connectivity index (χ4n) is 1.03. The van der Waals surface area contributed by atoms with Crippen LogP contribution in [0, 0.1) is 0 Å². The van der Waals surface area contributed by atoms with E-state index in [0.29, 0.717) is 6.07 Å². The number of halogens is 5. The molecule has 0 aliphatic rings. The zero-order valence-electron chi connectivity index (χ0n) is 7.72. The molecule has 0 spiro atoms. The summed E-state index contributed by atoms with van der Waals surface area (Å²) < 4.78 is 37.5. The number of aliphatic hydroxyl groups is 1. The van der Waals surface area contributed by atoms with E-state index in [0.717, 1.165) is 0 Å². The van der Waals surface area contributed by atoms with Crippen LogP contribution in [-0.2, 0) is 6.18 Å². The first-order chi connectivity index (χ1) is 7.27. The second-order valence-electron chi connectivity index (χ2n) is 2.97. The summed E-state index contributed by atoms with van der Waals surface area (Å²) in [5.74, 6) is -0.287. The molecule has 90 valence electrons. The summed E-state index contributed by atoms with van der Waals surface area (Å²) in [6.45, 7) is 0. The molecule has 0 aliphatic heterocycles. The van der Waals surface area contributed by atoms with Gasteiger partial charge in [-0.25, -0.2) is 4.98 Å². The molecule has 1 heterocycles. The third-order valence-electron chi connectivity index (χ3n) is 1.82. The van der Waals surface area contributed by atoms with Crippen molar-refractivity contribution in [2.45, 2.75) is 12.3 Å². The van der Waals surface area contributed by atoms with E-state index in [1.54, 1.807) is 0 Å². The van der Waals surface area contributed by atoms with Crippen LogP contribution >= 0.6 is 23.2 Å². The highest BCUT2D eigenvalue weighted by Gasteiger charge is 2.35. The number of aromatic nitrogens is 1. The molecule has 0 amide bonds. The number of rotatable bonds is 2. The SMILES string of the molecule is Nc1c(C(F)(F)F)cc(C(O)CCl)nc1Cl. The van der Waals surface area contributed by atoms with Crippen LogP contribution in [0.5, 0.6) is 0 Å². The standard InChI is InChI=1S/C8H7Cl2F3N2O/c9-2-5(16)4-1-3(8(11,12)13)6(14)7(10)15-4/h1,5,16H,2,14H2. The summed E-state index contributed by atoms with van der Waals surface area (Å²) in [6, 6.07) is 0.633. The average molecular weight is 275 g/mol. The van der Waals surface area contributed by atoms with Crippen LogP contribution in [0.25, 0.3) is 0 Å². The highest BCUT2D eigenvalue weighted by Crippen LogP contribution is 2.37. The predicted molar refractivity (Wildman–Crippen MR) is 54.3 cm³/mol. The Hall–Kier alpha value is -0.720. The van der Waals surface area contributed by atoms with Gasteiger partial charge in [-0.3, -0.25) is 0 Å². The van der Waals surface area contributed by atoms with Gasteiger partial charge in [-0.2, -0.15) is 13.2 Å². The Morgan fingerprint density at radius 3 is 2.50 bits per heavy atom. The highest BCUT2D eigenvalue weighted by molar-refractivity contribution is 6.32.